The molecule has 0 saturated heterocycles. The van der Waals surface area contributed by atoms with Gasteiger partial charge in [0.2, 0.25) is 0 Å². The topological polar surface area (TPSA) is 44.7 Å². The molecule has 2 rings (SSSR count). The van der Waals surface area contributed by atoms with E-state index in [0.717, 1.165) is 16.8 Å². The van der Waals surface area contributed by atoms with Crippen molar-refractivity contribution in [2.75, 3.05) is 25.5 Å². The van der Waals surface area contributed by atoms with Crippen LogP contribution in [-0.4, -0.2) is 36.2 Å². The number of anilines is 1. The number of hydrogen-bond acceptors (Lipinski definition) is 2. The molecule has 1 N–H and O–H groups in total. The number of carbonyl (C=O) groups excluding carboxylic acids is 1. The molecule has 0 heterocycles. The van der Waals surface area contributed by atoms with Crippen molar-refractivity contribution in [3.63, 3.8) is 0 Å². The highest BCUT2D eigenvalue weighted by Crippen LogP contribution is 2.21. The number of rotatable bonds is 5. The number of nitrogens with zero attached hydrogens (tertiary/aromatic N) is 2. The molecule has 0 aliphatic carbocycles. The van der Waals surface area contributed by atoms with Crippen molar-refractivity contribution >= 4 is 28.5 Å². The number of aliphatic imine (C=N–C) groups is 1. The van der Waals surface area contributed by atoms with Gasteiger partial charge in [0.15, 0.2) is 0 Å². The van der Waals surface area contributed by atoms with E-state index in [4.69, 9.17) is 11.6 Å². The predicted octanol–water partition coefficient (Wildman–Crippen LogP) is 4.47. The molecule has 0 saturated carbocycles. The fourth-order valence-electron chi connectivity index (χ4n) is 2.13. The van der Waals surface area contributed by atoms with E-state index in [9.17, 15) is 4.79 Å². The Morgan fingerprint density at radius 2 is 1.70 bits per heavy atom. The summed E-state index contributed by atoms with van der Waals surface area (Å²) in [4.78, 5) is 17.7. The summed E-state index contributed by atoms with van der Waals surface area (Å²) in [6.45, 7) is 2.76. The molecule has 0 unspecified atom stereocenters. The van der Waals surface area contributed by atoms with Crippen LogP contribution in [0.5, 0.6) is 0 Å². The first-order chi connectivity index (χ1) is 11.1. The lowest BCUT2D eigenvalue weighted by Gasteiger charge is -2.20. The van der Waals surface area contributed by atoms with Crippen molar-refractivity contribution in [2.24, 2.45) is 4.99 Å². The normalized spacial score (nSPS) is 11.2. The molecule has 0 spiro atoms. The lowest BCUT2D eigenvalue weighted by molar-refractivity contribution is 0.221. The van der Waals surface area contributed by atoms with E-state index in [-0.39, 0.29) is 6.03 Å². The number of halogens is 1. The van der Waals surface area contributed by atoms with Crippen molar-refractivity contribution in [1.82, 2.24) is 4.90 Å². The molecule has 0 aromatic heterocycles. The molecule has 0 fully saturated rings. The third kappa shape index (κ3) is 4.83. The van der Waals surface area contributed by atoms with Gasteiger partial charge in [-0.15, -0.1) is 0 Å². The second-order valence-corrected chi connectivity index (χ2v) is 5.42. The van der Waals surface area contributed by atoms with Gasteiger partial charge < -0.3 is 10.2 Å². The summed E-state index contributed by atoms with van der Waals surface area (Å²) in [5.41, 5.74) is 3.00. The molecule has 0 bridgehead atoms. The van der Waals surface area contributed by atoms with Gasteiger partial charge in [0.05, 0.1) is 6.54 Å². The summed E-state index contributed by atoms with van der Waals surface area (Å²) in [7, 11) is 1.61. The van der Waals surface area contributed by atoms with Crippen LogP contribution < -0.4 is 5.32 Å². The van der Waals surface area contributed by atoms with Crippen molar-refractivity contribution in [3.05, 3.63) is 54.6 Å². The van der Waals surface area contributed by atoms with E-state index in [2.05, 4.69) is 22.4 Å². The Bertz CT molecular complexity index is 668. The second-order valence-electron chi connectivity index (χ2n) is 4.99. The van der Waals surface area contributed by atoms with Gasteiger partial charge in [-0.1, -0.05) is 54.1 Å². The largest absolute Gasteiger partial charge is 0.322 e. The average Bonchev–Trinajstić information content (AvgIpc) is 2.60. The number of urea groups is 1. The Hall–Kier alpha value is -2.33. The van der Waals surface area contributed by atoms with Crippen LogP contribution in [0, 0.1) is 0 Å². The van der Waals surface area contributed by atoms with Crippen LogP contribution in [0.2, 0.25) is 0 Å². The van der Waals surface area contributed by atoms with Gasteiger partial charge >= 0.3 is 6.03 Å². The molecule has 0 radical (unpaired) electrons. The highest BCUT2D eigenvalue weighted by molar-refractivity contribution is 6.66. The van der Waals surface area contributed by atoms with Gasteiger partial charge in [-0.05, 0) is 30.2 Å². The number of hydrogen-bond donors (Lipinski definition) is 1. The minimum absolute atomic E-state index is 0.193. The minimum atomic E-state index is -0.193. The zero-order valence-electron chi connectivity index (χ0n) is 13.3. The number of benzene rings is 2. The molecule has 2 aromatic carbocycles. The van der Waals surface area contributed by atoms with Crippen molar-refractivity contribution in [2.45, 2.75) is 6.92 Å². The zero-order valence-corrected chi connectivity index (χ0v) is 14.0. The van der Waals surface area contributed by atoms with E-state index in [1.807, 2.05) is 49.4 Å². The number of amides is 2. The first-order valence-electron chi connectivity index (χ1n) is 7.46. The number of nitrogens with one attached hydrogen (secondary N) is 1. The van der Waals surface area contributed by atoms with Crippen LogP contribution in [0.25, 0.3) is 11.1 Å². The third-order valence-electron chi connectivity index (χ3n) is 3.48. The fraction of sp³-hybridized carbons (Fsp3) is 0.222. The SMILES string of the molecule is CCN(CC(Cl)=NC)C(=O)Nc1ccc(-c2ccccc2)cc1. The molecular weight excluding hydrogens is 310 g/mol. The first kappa shape index (κ1) is 17.0. The third-order valence-corrected chi connectivity index (χ3v) is 3.76. The van der Waals surface area contributed by atoms with Gasteiger partial charge in [0.25, 0.3) is 0 Å². The standard InChI is InChI=1S/C18H20ClN3O/c1-3-22(13-17(19)20-2)18(23)21-16-11-9-15(10-12-16)14-7-5-4-6-8-14/h4-12H,3,13H2,1-2H3,(H,21,23). The summed E-state index contributed by atoms with van der Waals surface area (Å²) >= 11 is 5.90. The quantitative estimate of drug-likeness (QED) is 0.808. The van der Waals surface area contributed by atoms with E-state index in [1.165, 1.54) is 0 Å². The van der Waals surface area contributed by atoms with Gasteiger partial charge in [0, 0.05) is 19.3 Å². The summed E-state index contributed by atoms with van der Waals surface area (Å²) in [5, 5.41) is 3.28. The van der Waals surface area contributed by atoms with Gasteiger partial charge in [0.1, 0.15) is 5.17 Å². The van der Waals surface area contributed by atoms with E-state index in [0.29, 0.717) is 18.3 Å². The number of carbonyl (C=O) groups is 1. The summed E-state index contributed by atoms with van der Waals surface area (Å²) in [6, 6.07) is 17.7. The lowest BCUT2D eigenvalue weighted by atomic mass is 10.1. The summed E-state index contributed by atoms with van der Waals surface area (Å²) in [5.74, 6) is 0. The van der Waals surface area contributed by atoms with E-state index < -0.39 is 0 Å². The zero-order chi connectivity index (χ0) is 16.7. The van der Waals surface area contributed by atoms with Crippen molar-refractivity contribution < 1.29 is 4.79 Å². The molecule has 0 aliphatic rings. The molecule has 120 valence electrons. The molecule has 2 amide bonds. The average molecular weight is 330 g/mol. The molecule has 4 nitrogen and oxygen atoms in total. The highest BCUT2D eigenvalue weighted by Gasteiger charge is 2.13. The predicted molar refractivity (Wildman–Crippen MR) is 97.4 cm³/mol. The van der Waals surface area contributed by atoms with Crippen LogP contribution in [0.15, 0.2) is 59.6 Å². The van der Waals surface area contributed by atoms with Crippen LogP contribution in [0.1, 0.15) is 6.92 Å². The Morgan fingerprint density at radius 3 is 2.26 bits per heavy atom. The molecule has 0 aliphatic heterocycles. The molecular formula is C18H20ClN3O. The molecule has 23 heavy (non-hydrogen) atoms. The van der Waals surface area contributed by atoms with Gasteiger partial charge in [-0.25, -0.2) is 4.79 Å². The Kier molecular flexibility index (Phi) is 6.18. The molecule has 5 heteroatoms. The smallest absolute Gasteiger partial charge is 0.318 e. The second kappa shape index (κ2) is 8.34. The molecule has 0 atom stereocenters. The maximum Gasteiger partial charge on any atom is 0.322 e. The van der Waals surface area contributed by atoms with Crippen molar-refractivity contribution in [1.29, 1.82) is 0 Å². The van der Waals surface area contributed by atoms with E-state index >= 15 is 0 Å². The first-order valence-corrected chi connectivity index (χ1v) is 7.84. The maximum absolute atomic E-state index is 12.3. The van der Waals surface area contributed by atoms with Crippen LogP contribution in [-0.2, 0) is 0 Å². The van der Waals surface area contributed by atoms with Gasteiger partial charge in [-0.3, -0.25) is 4.99 Å². The fourth-order valence-corrected chi connectivity index (χ4v) is 2.28. The van der Waals surface area contributed by atoms with Crippen molar-refractivity contribution in [3.8, 4) is 11.1 Å². The summed E-state index contributed by atoms with van der Waals surface area (Å²) < 4.78 is 0. The maximum atomic E-state index is 12.3. The van der Waals surface area contributed by atoms with Gasteiger partial charge in [-0.2, -0.15) is 0 Å². The van der Waals surface area contributed by atoms with Crippen LogP contribution in [0.4, 0.5) is 10.5 Å². The Balaban J connectivity index is 2.04. The van der Waals surface area contributed by atoms with E-state index in [1.54, 1.807) is 11.9 Å². The van der Waals surface area contributed by atoms with Crippen LogP contribution >= 0.6 is 11.6 Å². The van der Waals surface area contributed by atoms with Crippen LogP contribution in [0.3, 0.4) is 0 Å². The minimum Gasteiger partial charge on any atom is -0.318 e. The summed E-state index contributed by atoms with van der Waals surface area (Å²) in [6.07, 6.45) is 0. The Labute approximate surface area is 141 Å². The molecule has 2 aromatic rings. The monoisotopic (exact) mass is 329 g/mol. The highest BCUT2D eigenvalue weighted by atomic mass is 35.5. The Morgan fingerprint density at radius 1 is 1.09 bits per heavy atom. The lowest BCUT2D eigenvalue weighted by Crippen LogP contribution is -2.37.